The zero-order valence-electron chi connectivity index (χ0n) is 18.2. The number of carbonyl (C=O) groups is 2. The van der Waals surface area contributed by atoms with E-state index in [9.17, 15) is 14.0 Å². The molecular weight excluding hydrogens is 393 g/mol. The highest BCUT2D eigenvalue weighted by molar-refractivity contribution is 5.95. The summed E-state index contributed by atoms with van der Waals surface area (Å²) in [4.78, 5) is 29.5. The lowest BCUT2D eigenvalue weighted by molar-refractivity contribution is -0.134. The van der Waals surface area contributed by atoms with Gasteiger partial charge in [-0.15, -0.1) is 0 Å². The van der Waals surface area contributed by atoms with Crippen molar-refractivity contribution in [2.45, 2.75) is 45.2 Å². The maximum atomic E-state index is 13.7. The van der Waals surface area contributed by atoms with Crippen molar-refractivity contribution in [2.24, 2.45) is 0 Å². The molecule has 0 radical (unpaired) electrons. The second kappa shape index (κ2) is 9.18. The van der Waals surface area contributed by atoms with E-state index in [1.807, 2.05) is 49.1 Å². The number of nitrogens with one attached hydrogen (secondary N) is 1. The van der Waals surface area contributed by atoms with Crippen LogP contribution in [0.4, 0.5) is 4.39 Å². The number of likely N-dealkylation sites (tertiary alicyclic amines) is 1. The molecule has 2 aromatic carbocycles. The quantitative estimate of drug-likeness (QED) is 0.819. The average Bonchev–Trinajstić information content (AvgIpc) is 2.76. The molecule has 5 nitrogen and oxygen atoms in total. The van der Waals surface area contributed by atoms with Gasteiger partial charge in [-0.2, -0.15) is 0 Å². The minimum absolute atomic E-state index is 0.0225. The van der Waals surface area contributed by atoms with Gasteiger partial charge in [-0.3, -0.25) is 14.5 Å². The van der Waals surface area contributed by atoms with Crippen LogP contribution in [-0.4, -0.2) is 53.8 Å². The van der Waals surface area contributed by atoms with Gasteiger partial charge >= 0.3 is 0 Å². The largest absolute Gasteiger partial charge is 0.349 e. The standard InChI is InChI=1S/C25H30FN3O2/c1-17-5-3-4-6-22(17)25(31)27-21-10-13-28(14-11-21)24(30)16-29-12-9-19-7-8-20(26)15-23(19)18(29)2/h3-8,15,18,21H,9-14,16H2,1-2H3,(H,27,31). The first kappa shape index (κ1) is 21.5. The van der Waals surface area contributed by atoms with Crippen LogP contribution in [0.1, 0.15) is 52.9 Å². The number of carbonyl (C=O) groups excluding carboxylic acids is 2. The Morgan fingerprint density at radius 2 is 1.84 bits per heavy atom. The van der Waals surface area contributed by atoms with Crippen LogP contribution < -0.4 is 5.32 Å². The normalized spacial score (nSPS) is 19.7. The number of benzene rings is 2. The minimum Gasteiger partial charge on any atom is -0.349 e. The van der Waals surface area contributed by atoms with Crippen molar-refractivity contribution in [3.05, 3.63) is 70.5 Å². The Balaban J connectivity index is 1.29. The zero-order chi connectivity index (χ0) is 22.0. The smallest absolute Gasteiger partial charge is 0.251 e. The first-order valence-corrected chi connectivity index (χ1v) is 11.1. The number of hydrogen-bond donors (Lipinski definition) is 1. The van der Waals surface area contributed by atoms with E-state index in [4.69, 9.17) is 0 Å². The Labute approximate surface area is 183 Å². The summed E-state index contributed by atoms with van der Waals surface area (Å²) in [7, 11) is 0. The maximum Gasteiger partial charge on any atom is 0.251 e. The monoisotopic (exact) mass is 423 g/mol. The second-order valence-corrected chi connectivity index (χ2v) is 8.68. The molecule has 0 spiro atoms. The molecule has 0 aliphatic carbocycles. The van der Waals surface area contributed by atoms with Gasteiger partial charge in [0.15, 0.2) is 0 Å². The Kier molecular flexibility index (Phi) is 6.37. The average molecular weight is 424 g/mol. The first-order chi connectivity index (χ1) is 14.9. The van der Waals surface area contributed by atoms with Crippen molar-refractivity contribution in [3.63, 3.8) is 0 Å². The number of fused-ring (bicyclic) bond motifs is 1. The number of piperidine rings is 1. The molecule has 2 amide bonds. The molecule has 2 aliphatic heterocycles. The lowest BCUT2D eigenvalue weighted by Gasteiger charge is -2.38. The number of hydrogen-bond acceptors (Lipinski definition) is 3. The first-order valence-electron chi connectivity index (χ1n) is 11.1. The summed E-state index contributed by atoms with van der Waals surface area (Å²) >= 11 is 0. The maximum absolute atomic E-state index is 13.7. The van der Waals surface area contributed by atoms with Crippen molar-refractivity contribution in [3.8, 4) is 0 Å². The van der Waals surface area contributed by atoms with Gasteiger partial charge in [-0.1, -0.05) is 24.3 Å². The van der Waals surface area contributed by atoms with E-state index in [-0.39, 0.29) is 29.7 Å². The third-order valence-electron chi connectivity index (χ3n) is 6.69. The van der Waals surface area contributed by atoms with Crippen LogP contribution in [0.3, 0.4) is 0 Å². The molecule has 4 rings (SSSR count). The fourth-order valence-electron chi connectivity index (χ4n) is 4.69. The summed E-state index contributed by atoms with van der Waals surface area (Å²) in [6.07, 6.45) is 2.35. The van der Waals surface area contributed by atoms with Crippen molar-refractivity contribution >= 4 is 11.8 Å². The van der Waals surface area contributed by atoms with E-state index < -0.39 is 0 Å². The molecule has 1 unspecified atom stereocenters. The van der Waals surface area contributed by atoms with Gasteiger partial charge in [0.2, 0.25) is 5.91 Å². The molecule has 0 bridgehead atoms. The van der Waals surface area contributed by atoms with Gasteiger partial charge in [0.05, 0.1) is 6.54 Å². The molecule has 6 heteroatoms. The molecule has 1 saturated heterocycles. The summed E-state index contributed by atoms with van der Waals surface area (Å²) in [5, 5.41) is 3.12. The molecule has 2 heterocycles. The van der Waals surface area contributed by atoms with Crippen molar-refractivity contribution < 1.29 is 14.0 Å². The molecule has 1 fully saturated rings. The van der Waals surface area contributed by atoms with Crippen LogP contribution in [0, 0.1) is 12.7 Å². The molecular formula is C25H30FN3O2. The van der Waals surface area contributed by atoms with Crippen molar-refractivity contribution in [1.29, 1.82) is 0 Å². The van der Waals surface area contributed by atoms with Crippen LogP contribution in [0.25, 0.3) is 0 Å². The number of nitrogens with zero attached hydrogens (tertiary/aromatic N) is 2. The number of halogens is 1. The van der Waals surface area contributed by atoms with Gasteiger partial charge in [-0.25, -0.2) is 4.39 Å². The molecule has 0 saturated carbocycles. The van der Waals surface area contributed by atoms with E-state index in [0.717, 1.165) is 36.9 Å². The van der Waals surface area contributed by atoms with E-state index in [0.29, 0.717) is 25.2 Å². The molecule has 2 aromatic rings. The molecule has 0 aromatic heterocycles. The molecule has 31 heavy (non-hydrogen) atoms. The van der Waals surface area contributed by atoms with E-state index >= 15 is 0 Å². The third kappa shape index (κ3) is 4.79. The Bertz CT molecular complexity index is 969. The van der Waals surface area contributed by atoms with Crippen LogP contribution in [0.5, 0.6) is 0 Å². The van der Waals surface area contributed by atoms with Crippen molar-refractivity contribution in [2.75, 3.05) is 26.2 Å². The molecule has 164 valence electrons. The topological polar surface area (TPSA) is 52.7 Å². The third-order valence-corrected chi connectivity index (χ3v) is 6.69. The van der Waals surface area contributed by atoms with Gasteiger partial charge in [0.1, 0.15) is 5.82 Å². The highest BCUT2D eigenvalue weighted by Gasteiger charge is 2.29. The second-order valence-electron chi connectivity index (χ2n) is 8.68. The number of amides is 2. The van der Waals surface area contributed by atoms with Gasteiger partial charge < -0.3 is 10.2 Å². The number of rotatable bonds is 4. The molecule has 2 aliphatic rings. The van der Waals surface area contributed by atoms with Crippen LogP contribution >= 0.6 is 0 Å². The predicted octanol–water partition coefficient (Wildman–Crippen LogP) is 3.47. The fraction of sp³-hybridized carbons (Fsp3) is 0.440. The summed E-state index contributed by atoms with van der Waals surface area (Å²) < 4.78 is 13.7. The van der Waals surface area contributed by atoms with E-state index in [1.165, 1.54) is 11.6 Å². The highest BCUT2D eigenvalue weighted by atomic mass is 19.1. The molecule has 1 atom stereocenters. The summed E-state index contributed by atoms with van der Waals surface area (Å²) in [5.74, 6) is -0.167. The fourth-order valence-corrected chi connectivity index (χ4v) is 4.69. The summed E-state index contributed by atoms with van der Waals surface area (Å²) in [6.45, 7) is 6.41. The van der Waals surface area contributed by atoms with Crippen LogP contribution in [0.15, 0.2) is 42.5 Å². The predicted molar refractivity (Wildman–Crippen MR) is 118 cm³/mol. The summed E-state index contributed by atoms with van der Waals surface area (Å²) in [6, 6.07) is 12.6. The van der Waals surface area contributed by atoms with Crippen LogP contribution in [0.2, 0.25) is 0 Å². The lowest BCUT2D eigenvalue weighted by Crippen LogP contribution is -2.50. The minimum atomic E-state index is -0.228. The SMILES string of the molecule is Cc1ccccc1C(=O)NC1CCN(C(=O)CN2CCc3ccc(F)cc3C2C)CC1. The van der Waals surface area contributed by atoms with Crippen LogP contribution in [-0.2, 0) is 11.2 Å². The Hall–Kier alpha value is -2.73. The Morgan fingerprint density at radius 1 is 1.10 bits per heavy atom. The molecule has 1 N–H and O–H groups in total. The summed E-state index contributed by atoms with van der Waals surface area (Å²) in [5.41, 5.74) is 3.82. The van der Waals surface area contributed by atoms with Gasteiger partial charge in [0.25, 0.3) is 5.91 Å². The number of aryl methyl sites for hydroxylation is 1. The van der Waals surface area contributed by atoms with E-state index in [2.05, 4.69) is 10.2 Å². The van der Waals surface area contributed by atoms with E-state index in [1.54, 1.807) is 6.07 Å². The van der Waals surface area contributed by atoms with Crippen molar-refractivity contribution in [1.82, 2.24) is 15.1 Å². The zero-order valence-corrected chi connectivity index (χ0v) is 18.2. The highest BCUT2D eigenvalue weighted by Crippen LogP contribution is 2.30. The Morgan fingerprint density at radius 3 is 2.58 bits per heavy atom. The van der Waals surface area contributed by atoms with Gasteiger partial charge in [-0.05, 0) is 68.0 Å². The lowest BCUT2D eigenvalue weighted by atomic mass is 9.93. The van der Waals surface area contributed by atoms with Gasteiger partial charge in [0, 0.05) is 37.3 Å².